The Labute approximate surface area is 95.9 Å². The predicted octanol–water partition coefficient (Wildman–Crippen LogP) is -2.09. The van der Waals surface area contributed by atoms with E-state index in [-0.39, 0.29) is 30.1 Å². The second kappa shape index (κ2) is 6.10. The predicted molar refractivity (Wildman–Crippen MR) is 48.3 cm³/mol. The number of halogens is 1. The van der Waals surface area contributed by atoms with Gasteiger partial charge in [-0.15, -0.1) is 0 Å². The third kappa shape index (κ3) is 5.00. The number of hydrogen-bond acceptors (Lipinski definition) is 1. The van der Waals surface area contributed by atoms with Gasteiger partial charge in [0, 0.05) is 12.1 Å². The summed E-state index contributed by atoms with van der Waals surface area (Å²) >= 11 is 0. The van der Waals surface area contributed by atoms with E-state index in [9.17, 15) is 0 Å². The zero-order valence-corrected chi connectivity index (χ0v) is 9.97. The minimum atomic E-state index is -0.376. The van der Waals surface area contributed by atoms with Crippen LogP contribution in [-0.2, 0) is 7.05 Å². The molecule has 0 fully saturated rings. The molecular weight excluding hydrogens is 277 g/mol. The van der Waals surface area contributed by atoms with E-state index in [1.807, 2.05) is 42.2 Å². The SMILES string of the molecule is CC(O)/C=C/c1cc[n+](C)cc1.[I-]. The maximum atomic E-state index is 8.98. The van der Waals surface area contributed by atoms with Crippen LogP contribution in [0.25, 0.3) is 6.08 Å². The zero-order chi connectivity index (χ0) is 8.97. The third-order valence-corrected chi connectivity index (χ3v) is 1.57. The highest BCUT2D eigenvalue weighted by Crippen LogP contribution is 1.99. The average Bonchev–Trinajstić information content (AvgIpc) is 2.03. The summed E-state index contributed by atoms with van der Waals surface area (Å²) in [6.45, 7) is 1.74. The van der Waals surface area contributed by atoms with Crippen molar-refractivity contribution in [2.75, 3.05) is 0 Å². The van der Waals surface area contributed by atoms with Gasteiger partial charge in [0.15, 0.2) is 12.4 Å². The number of aliphatic hydroxyl groups is 1. The molecule has 1 heterocycles. The molecule has 0 amide bonds. The van der Waals surface area contributed by atoms with E-state index < -0.39 is 0 Å². The molecule has 0 bridgehead atoms. The monoisotopic (exact) mass is 291 g/mol. The highest BCUT2D eigenvalue weighted by molar-refractivity contribution is 5.47. The van der Waals surface area contributed by atoms with Gasteiger partial charge in [0.1, 0.15) is 7.05 Å². The Kier molecular flexibility index (Phi) is 5.90. The summed E-state index contributed by atoms with van der Waals surface area (Å²) in [5.74, 6) is 0. The number of rotatable bonds is 2. The Morgan fingerprint density at radius 2 is 1.92 bits per heavy atom. The zero-order valence-electron chi connectivity index (χ0n) is 7.81. The van der Waals surface area contributed by atoms with Gasteiger partial charge in [-0.25, -0.2) is 4.57 Å². The standard InChI is InChI=1S/C10H14NO.HI/c1-9(12)3-4-10-5-7-11(2)8-6-10;/h3-9,12H,1-2H3;1H/q+1;/p-1/b4-3+;. The molecule has 1 rings (SSSR count). The third-order valence-electron chi connectivity index (χ3n) is 1.57. The van der Waals surface area contributed by atoms with Crippen LogP contribution >= 0.6 is 0 Å². The lowest BCUT2D eigenvalue weighted by molar-refractivity contribution is -0.671. The van der Waals surface area contributed by atoms with Gasteiger partial charge in [0.25, 0.3) is 0 Å². The Bertz CT molecular complexity index is 267. The second-order valence-electron chi connectivity index (χ2n) is 2.90. The van der Waals surface area contributed by atoms with E-state index in [1.54, 1.807) is 13.0 Å². The number of aryl methyl sites for hydroxylation is 1. The first-order chi connectivity index (χ1) is 5.68. The summed E-state index contributed by atoms with van der Waals surface area (Å²) in [6.07, 6.45) is 7.24. The van der Waals surface area contributed by atoms with Gasteiger partial charge >= 0.3 is 0 Å². The molecule has 0 aliphatic rings. The van der Waals surface area contributed by atoms with Crippen LogP contribution in [0.2, 0.25) is 0 Å². The first kappa shape index (κ1) is 12.6. The van der Waals surface area contributed by atoms with E-state index in [2.05, 4.69) is 0 Å². The van der Waals surface area contributed by atoms with Crippen molar-refractivity contribution in [3.05, 3.63) is 36.2 Å². The van der Waals surface area contributed by atoms with Crippen LogP contribution in [0.1, 0.15) is 12.5 Å². The Morgan fingerprint density at radius 3 is 2.38 bits per heavy atom. The highest BCUT2D eigenvalue weighted by atomic mass is 127. The van der Waals surface area contributed by atoms with Crippen molar-refractivity contribution < 1.29 is 33.7 Å². The molecular formula is C10H14INO. The smallest absolute Gasteiger partial charge is 0.169 e. The maximum Gasteiger partial charge on any atom is 0.169 e. The van der Waals surface area contributed by atoms with Gasteiger partial charge in [-0.05, 0) is 12.5 Å². The van der Waals surface area contributed by atoms with Gasteiger partial charge < -0.3 is 29.1 Å². The van der Waals surface area contributed by atoms with Gasteiger partial charge in [-0.3, -0.25) is 0 Å². The van der Waals surface area contributed by atoms with E-state index in [0.717, 1.165) is 5.56 Å². The van der Waals surface area contributed by atoms with Gasteiger partial charge in [0.2, 0.25) is 0 Å². The lowest BCUT2D eigenvalue weighted by Crippen LogP contribution is -3.00. The topological polar surface area (TPSA) is 24.1 Å². The number of pyridine rings is 1. The fraction of sp³-hybridized carbons (Fsp3) is 0.300. The van der Waals surface area contributed by atoms with E-state index in [1.165, 1.54) is 0 Å². The summed E-state index contributed by atoms with van der Waals surface area (Å²) in [5.41, 5.74) is 1.11. The van der Waals surface area contributed by atoms with Crippen molar-refractivity contribution in [3.8, 4) is 0 Å². The van der Waals surface area contributed by atoms with Crippen LogP contribution in [0.5, 0.6) is 0 Å². The summed E-state index contributed by atoms with van der Waals surface area (Å²) in [4.78, 5) is 0. The molecule has 1 N–H and O–H groups in total. The molecule has 1 atom stereocenters. The Balaban J connectivity index is 0.00000144. The molecule has 1 unspecified atom stereocenters. The molecule has 0 aromatic carbocycles. The quantitative estimate of drug-likeness (QED) is 0.490. The lowest BCUT2D eigenvalue weighted by atomic mass is 10.2. The number of hydrogen-bond donors (Lipinski definition) is 1. The van der Waals surface area contributed by atoms with Crippen LogP contribution < -0.4 is 28.5 Å². The fourth-order valence-corrected chi connectivity index (χ4v) is 0.874. The van der Waals surface area contributed by atoms with Crippen LogP contribution in [0.4, 0.5) is 0 Å². The van der Waals surface area contributed by atoms with Crippen LogP contribution in [-0.4, -0.2) is 11.2 Å². The van der Waals surface area contributed by atoms with Crippen LogP contribution in [0, 0.1) is 0 Å². The van der Waals surface area contributed by atoms with Crippen molar-refractivity contribution in [3.63, 3.8) is 0 Å². The fourth-order valence-electron chi connectivity index (χ4n) is 0.874. The number of aromatic nitrogens is 1. The highest BCUT2D eigenvalue weighted by Gasteiger charge is 1.91. The molecule has 0 saturated carbocycles. The minimum absolute atomic E-state index is 0. The number of aliphatic hydroxyl groups excluding tert-OH is 1. The largest absolute Gasteiger partial charge is 1.00 e. The van der Waals surface area contributed by atoms with Crippen molar-refractivity contribution in [2.45, 2.75) is 13.0 Å². The molecule has 72 valence electrons. The van der Waals surface area contributed by atoms with Crippen molar-refractivity contribution >= 4 is 6.08 Å². The van der Waals surface area contributed by atoms with Crippen LogP contribution in [0.3, 0.4) is 0 Å². The molecule has 0 aliphatic heterocycles. The van der Waals surface area contributed by atoms with Gasteiger partial charge in [0.05, 0.1) is 6.10 Å². The minimum Gasteiger partial charge on any atom is -1.00 e. The van der Waals surface area contributed by atoms with Crippen molar-refractivity contribution in [2.24, 2.45) is 7.05 Å². The lowest BCUT2D eigenvalue weighted by Gasteiger charge is -1.93. The molecule has 0 spiro atoms. The van der Waals surface area contributed by atoms with Crippen molar-refractivity contribution in [1.82, 2.24) is 0 Å². The first-order valence-corrected chi connectivity index (χ1v) is 4.00. The van der Waals surface area contributed by atoms with Crippen LogP contribution in [0.15, 0.2) is 30.6 Å². The normalized spacial score (nSPS) is 12.5. The molecule has 2 nitrogen and oxygen atoms in total. The summed E-state index contributed by atoms with van der Waals surface area (Å²) < 4.78 is 1.97. The molecule has 0 radical (unpaired) electrons. The van der Waals surface area contributed by atoms with E-state index >= 15 is 0 Å². The number of nitrogens with zero attached hydrogens (tertiary/aromatic N) is 1. The Hall–Kier alpha value is -0.420. The van der Waals surface area contributed by atoms with Gasteiger partial charge in [-0.1, -0.05) is 12.2 Å². The molecule has 13 heavy (non-hydrogen) atoms. The molecule has 1 aromatic heterocycles. The average molecular weight is 291 g/mol. The second-order valence-corrected chi connectivity index (χ2v) is 2.90. The Morgan fingerprint density at radius 1 is 1.38 bits per heavy atom. The molecule has 0 saturated heterocycles. The first-order valence-electron chi connectivity index (χ1n) is 4.00. The van der Waals surface area contributed by atoms with E-state index in [0.29, 0.717) is 0 Å². The summed E-state index contributed by atoms with van der Waals surface area (Å²) in [7, 11) is 1.97. The summed E-state index contributed by atoms with van der Waals surface area (Å²) in [6, 6.07) is 4.00. The van der Waals surface area contributed by atoms with Gasteiger partial charge in [-0.2, -0.15) is 0 Å². The van der Waals surface area contributed by atoms with Crippen molar-refractivity contribution in [1.29, 1.82) is 0 Å². The molecule has 1 aromatic rings. The molecule has 0 aliphatic carbocycles. The van der Waals surface area contributed by atoms with E-state index in [4.69, 9.17) is 5.11 Å². The molecule has 3 heteroatoms. The maximum absolute atomic E-state index is 8.98. The summed E-state index contributed by atoms with van der Waals surface area (Å²) in [5, 5.41) is 8.98.